The second-order valence-electron chi connectivity index (χ2n) is 6.86. The molecule has 3 aromatic carbocycles. The molecule has 0 saturated heterocycles. The minimum atomic E-state index is -0.195. The van der Waals surface area contributed by atoms with Crippen molar-refractivity contribution in [2.75, 3.05) is 6.54 Å². The molecule has 5 rings (SSSR count). The summed E-state index contributed by atoms with van der Waals surface area (Å²) in [6.07, 6.45) is 0.933. The number of hydrogen-bond acceptors (Lipinski definition) is 1. The van der Waals surface area contributed by atoms with Gasteiger partial charge in [-0.15, -0.1) is 0 Å². The lowest BCUT2D eigenvalue weighted by Gasteiger charge is -2.44. The molecule has 1 amide bonds. The van der Waals surface area contributed by atoms with Gasteiger partial charge in [0.2, 0.25) is 5.91 Å². The molecule has 0 radical (unpaired) electrons. The number of amides is 1. The molecule has 2 heterocycles. The Balaban J connectivity index is 1.74. The maximum atomic E-state index is 13.5. The summed E-state index contributed by atoms with van der Waals surface area (Å²) in [5.41, 5.74) is 6.14. The average molecular weight is 325 g/mol. The summed E-state index contributed by atoms with van der Waals surface area (Å²) >= 11 is 0. The molecule has 0 aliphatic carbocycles. The van der Waals surface area contributed by atoms with Crippen LogP contribution in [0.25, 0.3) is 0 Å². The van der Waals surface area contributed by atoms with Gasteiger partial charge in [0.1, 0.15) is 0 Å². The van der Waals surface area contributed by atoms with Crippen molar-refractivity contribution < 1.29 is 4.79 Å². The molecule has 2 aliphatic heterocycles. The van der Waals surface area contributed by atoms with E-state index >= 15 is 0 Å². The molecular weight excluding hydrogens is 306 g/mol. The van der Waals surface area contributed by atoms with Gasteiger partial charge in [0, 0.05) is 6.54 Å². The number of carbonyl (C=O) groups is 1. The lowest BCUT2D eigenvalue weighted by Crippen LogP contribution is -2.47. The van der Waals surface area contributed by atoms with E-state index in [1.165, 1.54) is 16.7 Å². The SMILES string of the molecule is O=C1[C@@H](c2ccccc2)c2ccccc2[C@H]2c3ccccc3CCN12. The monoisotopic (exact) mass is 325 g/mol. The Morgan fingerprint density at radius 1 is 0.720 bits per heavy atom. The summed E-state index contributed by atoms with van der Waals surface area (Å²) in [4.78, 5) is 15.5. The first kappa shape index (κ1) is 14.5. The molecule has 2 atom stereocenters. The molecule has 0 fully saturated rings. The third-order valence-corrected chi connectivity index (χ3v) is 5.55. The van der Waals surface area contributed by atoms with Gasteiger partial charge in [-0.1, -0.05) is 78.9 Å². The first-order valence-corrected chi connectivity index (χ1v) is 8.86. The Kier molecular flexibility index (Phi) is 3.24. The molecule has 0 saturated carbocycles. The summed E-state index contributed by atoms with van der Waals surface area (Å²) in [5, 5.41) is 0. The predicted octanol–water partition coefficient (Wildman–Crippen LogP) is 4.31. The van der Waals surface area contributed by atoms with E-state index in [-0.39, 0.29) is 17.9 Å². The maximum Gasteiger partial charge on any atom is 0.235 e. The van der Waals surface area contributed by atoms with Crippen LogP contribution in [0.2, 0.25) is 0 Å². The topological polar surface area (TPSA) is 20.3 Å². The highest BCUT2D eigenvalue weighted by molar-refractivity contribution is 5.90. The summed E-state index contributed by atoms with van der Waals surface area (Å²) in [6, 6.07) is 27.2. The molecule has 0 spiro atoms. The maximum absolute atomic E-state index is 13.5. The van der Waals surface area contributed by atoms with Crippen molar-refractivity contribution >= 4 is 5.91 Å². The predicted molar refractivity (Wildman–Crippen MR) is 98.4 cm³/mol. The number of carbonyl (C=O) groups excluding carboxylic acids is 1. The zero-order valence-electron chi connectivity index (χ0n) is 13.9. The molecule has 0 unspecified atom stereocenters. The Labute approximate surface area is 147 Å². The van der Waals surface area contributed by atoms with E-state index in [4.69, 9.17) is 0 Å². The van der Waals surface area contributed by atoms with E-state index < -0.39 is 0 Å². The zero-order valence-corrected chi connectivity index (χ0v) is 13.9. The Bertz CT molecular complexity index is 947. The molecule has 2 aliphatic rings. The summed E-state index contributed by atoms with van der Waals surface area (Å²) in [5.74, 6) is 0.0308. The summed E-state index contributed by atoms with van der Waals surface area (Å²) in [7, 11) is 0. The largest absolute Gasteiger partial charge is 0.330 e. The third kappa shape index (κ3) is 2.14. The van der Waals surface area contributed by atoms with Crippen molar-refractivity contribution in [1.29, 1.82) is 0 Å². The molecule has 122 valence electrons. The van der Waals surface area contributed by atoms with Crippen molar-refractivity contribution in [1.82, 2.24) is 4.90 Å². The van der Waals surface area contributed by atoms with Gasteiger partial charge in [0.05, 0.1) is 12.0 Å². The van der Waals surface area contributed by atoms with Crippen molar-refractivity contribution in [2.24, 2.45) is 0 Å². The molecule has 0 aromatic heterocycles. The normalized spacial score (nSPS) is 21.3. The highest BCUT2D eigenvalue weighted by atomic mass is 16.2. The van der Waals surface area contributed by atoms with Crippen LogP contribution in [0.5, 0.6) is 0 Å². The first-order chi connectivity index (χ1) is 12.3. The minimum Gasteiger partial charge on any atom is -0.330 e. The molecule has 2 nitrogen and oxygen atoms in total. The van der Waals surface area contributed by atoms with Gasteiger partial charge in [0.25, 0.3) is 0 Å². The van der Waals surface area contributed by atoms with Crippen LogP contribution in [0.4, 0.5) is 0 Å². The Morgan fingerprint density at radius 3 is 2.16 bits per heavy atom. The van der Waals surface area contributed by atoms with Crippen LogP contribution >= 0.6 is 0 Å². The van der Waals surface area contributed by atoms with Crippen molar-refractivity contribution in [3.8, 4) is 0 Å². The smallest absolute Gasteiger partial charge is 0.235 e. The van der Waals surface area contributed by atoms with Crippen LogP contribution in [0, 0.1) is 0 Å². The Hall–Kier alpha value is -2.87. The van der Waals surface area contributed by atoms with Crippen LogP contribution in [-0.4, -0.2) is 17.4 Å². The fourth-order valence-corrected chi connectivity index (χ4v) is 4.43. The highest BCUT2D eigenvalue weighted by Gasteiger charge is 2.42. The van der Waals surface area contributed by atoms with E-state index in [0.29, 0.717) is 0 Å². The van der Waals surface area contributed by atoms with Gasteiger partial charge in [-0.2, -0.15) is 0 Å². The van der Waals surface area contributed by atoms with Gasteiger partial charge in [-0.05, 0) is 34.2 Å². The van der Waals surface area contributed by atoms with Crippen LogP contribution in [0.1, 0.15) is 39.8 Å². The van der Waals surface area contributed by atoms with E-state index in [0.717, 1.165) is 24.1 Å². The van der Waals surface area contributed by atoms with E-state index in [2.05, 4.69) is 59.5 Å². The van der Waals surface area contributed by atoms with Crippen LogP contribution < -0.4 is 0 Å². The highest BCUT2D eigenvalue weighted by Crippen LogP contribution is 2.45. The molecule has 2 heteroatoms. The lowest BCUT2D eigenvalue weighted by atomic mass is 9.76. The summed E-state index contributed by atoms with van der Waals surface area (Å²) < 4.78 is 0. The van der Waals surface area contributed by atoms with Gasteiger partial charge < -0.3 is 4.90 Å². The fraction of sp³-hybridized carbons (Fsp3) is 0.174. The first-order valence-electron chi connectivity index (χ1n) is 8.86. The van der Waals surface area contributed by atoms with Crippen molar-refractivity contribution in [3.05, 3.63) is 107 Å². The van der Waals surface area contributed by atoms with E-state index in [1.807, 2.05) is 24.3 Å². The quantitative estimate of drug-likeness (QED) is 0.653. The molecule has 0 bridgehead atoms. The number of benzene rings is 3. The minimum absolute atomic E-state index is 0.0496. The third-order valence-electron chi connectivity index (χ3n) is 5.55. The second-order valence-corrected chi connectivity index (χ2v) is 6.86. The fourth-order valence-electron chi connectivity index (χ4n) is 4.43. The van der Waals surface area contributed by atoms with Crippen LogP contribution in [0.3, 0.4) is 0 Å². The molecular formula is C23H19NO. The van der Waals surface area contributed by atoms with Crippen LogP contribution in [-0.2, 0) is 11.2 Å². The van der Waals surface area contributed by atoms with Gasteiger partial charge in [-0.3, -0.25) is 4.79 Å². The molecule has 0 N–H and O–H groups in total. The van der Waals surface area contributed by atoms with E-state index in [1.54, 1.807) is 0 Å². The average Bonchev–Trinajstić information content (AvgIpc) is 2.68. The lowest BCUT2D eigenvalue weighted by molar-refractivity contribution is -0.135. The summed E-state index contributed by atoms with van der Waals surface area (Å²) in [6.45, 7) is 0.790. The number of hydrogen-bond donors (Lipinski definition) is 0. The number of fused-ring (bicyclic) bond motifs is 5. The van der Waals surface area contributed by atoms with Gasteiger partial charge in [-0.25, -0.2) is 0 Å². The van der Waals surface area contributed by atoms with Crippen molar-refractivity contribution in [3.63, 3.8) is 0 Å². The van der Waals surface area contributed by atoms with Crippen LogP contribution in [0.15, 0.2) is 78.9 Å². The number of rotatable bonds is 1. The second kappa shape index (κ2) is 5.59. The number of nitrogens with zero attached hydrogens (tertiary/aromatic N) is 1. The van der Waals surface area contributed by atoms with E-state index in [9.17, 15) is 4.79 Å². The molecule has 25 heavy (non-hydrogen) atoms. The Morgan fingerprint density at radius 2 is 1.36 bits per heavy atom. The van der Waals surface area contributed by atoms with Crippen molar-refractivity contribution in [2.45, 2.75) is 18.4 Å². The van der Waals surface area contributed by atoms with Gasteiger partial charge in [0.15, 0.2) is 0 Å². The standard InChI is InChI=1S/C23H19NO/c25-23-21(17-9-2-1-3-10-17)19-12-6-7-13-20(19)22-18-11-5-4-8-16(18)14-15-24(22)23/h1-13,21-22H,14-15H2/t21-,22+/m0/s1. The van der Waals surface area contributed by atoms with Gasteiger partial charge >= 0.3 is 0 Å². The zero-order chi connectivity index (χ0) is 16.8. The molecule has 3 aromatic rings.